The zero-order valence-corrected chi connectivity index (χ0v) is 9.54. The van der Waals surface area contributed by atoms with Crippen LogP contribution in [0.4, 0.5) is 0 Å². The molecule has 1 aliphatic rings. The van der Waals surface area contributed by atoms with Crippen molar-refractivity contribution in [1.29, 1.82) is 0 Å². The number of ketones is 1. The van der Waals surface area contributed by atoms with Crippen molar-refractivity contribution in [3.63, 3.8) is 0 Å². The van der Waals surface area contributed by atoms with Gasteiger partial charge in [0.25, 0.3) is 5.97 Å². The Morgan fingerprint density at radius 3 is 2.33 bits per heavy atom. The average molecular weight is 210 g/mol. The first-order chi connectivity index (χ1) is 6.84. The number of carboxylic acid groups (broad SMARTS) is 1. The fourth-order valence-electron chi connectivity index (χ4n) is 1.28. The highest BCUT2D eigenvalue weighted by atomic mass is 16.4. The quantitative estimate of drug-likeness (QED) is 0.677. The maximum absolute atomic E-state index is 11.2. The summed E-state index contributed by atoms with van der Waals surface area (Å²) in [5.41, 5.74) is 2.05. The van der Waals surface area contributed by atoms with Crippen molar-refractivity contribution in [2.24, 2.45) is 5.92 Å². The van der Waals surface area contributed by atoms with E-state index in [-0.39, 0.29) is 5.78 Å². The number of carboxylic acids is 1. The first-order valence-corrected chi connectivity index (χ1v) is 4.89. The number of allylic oxidation sites excluding steroid dienone is 3. The van der Waals surface area contributed by atoms with Gasteiger partial charge in [0.2, 0.25) is 0 Å². The molecule has 0 aromatic carbocycles. The second kappa shape index (κ2) is 6.17. The maximum atomic E-state index is 11.2. The highest BCUT2D eigenvalue weighted by Crippen LogP contribution is 2.25. The molecule has 0 radical (unpaired) electrons. The number of hydrogen-bond donors (Lipinski definition) is 1. The lowest BCUT2D eigenvalue weighted by Crippen LogP contribution is -2.14. The molecule has 84 valence electrons. The van der Waals surface area contributed by atoms with Crippen LogP contribution < -0.4 is 0 Å². The lowest BCUT2D eigenvalue weighted by molar-refractivity contribution is -0.134. The molecule has 3 heteroatoms. The molecule has 1 atom stereocenters. The Morgan fingerprint density at radius 1 is 1.53 bits per heavy atom. The number of rotatable bonds is 1. The molecule has 1 unspecified atom stereocenters. The van der Waals surface area contributed by atoms with E-state index in [0.717, 1.165) is 24.5 Å². The largest absolute Gasteiger partial charge is 0.481 e. The Hall–Kier alpha value is -1.38. The van der Waals surface area contributed by atoms with Crippen molar-refractivity contribution in [2.75, 3.05) is 0 Å². The van der Waals surface area contributed by atoms with Gasteiger partial charge < -0.3 is 5.11 Å². The third kappa shape index (κ3) is 5.83. The normalized spacial score (nSPS) is 19.8. The first-order valence-electron chi connectivity index (χ1n) is 4.89. The highest BCUT2D eigenvalue weighted by Gasteiger charge is 2.18. The van der Waals surface area contributed by atoms with Crippen LogP contribution in [0, 0.1) is 5.92 Å². The predicted octanol–water partition coefficient (Wildman–Crippen LogP) is 2.58. The van der Waals surface area contributed by atoms with Gasteiger partial charge in [-0.05, 0) is 31.8 Å². The number of aliphatic carboxylic acids is 1. The molecule has 0 fully saturated rings. The van der Waals surface area contributed by atoms with E-state index in [1.54, 1.807) is 0 Å². The van der Waals surface area contributed by atoms with Gasteiger partial charge in [0.1, 0.15) is 0 Å². The fraction of sp³-hybridized carbons (Fsp3) is 0.500. The topological polar surface area (TPSA) is 54.4 Å². The fourth-order valence-corrected chi connectivity index (χ4v) is 1.28. The Kier molecular flexibility index (Phi) is 5.60. The lowest BCUT2D eigenvalue weighted by Gasteiger charge is -2.18. The molecule has 0 amide bonds. The van der Waals surface area contributed by atoms with E-state index < -0.39 is 5.97 Å². The molecule has 1 rings (SSSR count). The summed E-state index contributed by atoms with van der Waals surface area (Å²) >= 11 is 0. The first kappa shape index (κ1) is 13.6. The molecule has 1 N–H and O–H groups in total. The van der Waals surface area contributed by atoms with E-state index in [2.05, 4.69) is 6.58 Å². The summed E-state index contributed by atoms with van der Waals surface area (Å²) in [6.45, 7) is 8.82. The smallest absolute Gasteiger partial charge is 0.300 e. The molecule has 0 bridgehead atoms. The minimum Gasteiger partial charge on any atom is -0.481 e. The van der Waals surface area contributed by atoms with Gasteiger partial charge in [0.15, 0.2) is 5.78 Å². The van der Waals surface area contributed by atoms with Crippen LogP contribution in [0.5, 0.6) is 0 Å². The van der Waals surface area contributed by atoms with E-state index in [9.17, 15) is 4.79 Å². The lowest BCUT2D eigenvalue weighted by atomic mass is 9.85. The SMILES string of the molecule is C=C(C)C1CC=C(C)C(=O)C1.CC(=O)O. The highest BCUT2D eigenvalue weighted by molar-refractivity contribution is 5.95. The monoisotopic (exact) mass is 210 g/mol. The van der Waals surface area contributed by atoms with Crippen LogP contribution in [0.2, 0.25) is 0 Å². The molecule has 3 nitrogen and oxygen atoms in total. The summed E-state index contributed by atoms with van der Waals surface area (Å²) in [5.74, 6) is -0.157. The molecular weight excluding hydrogens is 192 g/mol. The minimum absolute atomic E-state index is 0.282. The van der Waals surface area contributed by atoms with Crippen molar-refractivity contribution >= 4 is 11.8 Å². The standard InChI is InChI=1S/C10H14O.C2H4O2/c1-7(2)9-5-4-8(3)10(11)6-9;1-2(3)4/h4,9H,1,5-6H2,2-3H3;1H3,(H,3,4). The van der Waals surface area contributed by atoms with E-state index in [0.29, 0.717) is 12.3 Å². The van der Waals surface area contributed by atoms with Gasteiger partial charge in [-0.25, -0.2) is 0 Å². The zero-order chi connectivity index (χ0) is 12.0. The Morgan fingerprint density at radius 2 is 2.00 bits per heavy atom. The van der Waals surface area contributed by atoms with Crippen LogP contribution in [0.1, 0.15) is 33.6 Å². The average Bonchev–Trinajstić information content (AvgIpc) is 2.08. The molecule has 0 aromatic rings. The number of carbonyl (C=O) groups is 2. The van der Waals surface area contributed by atoms with Crippen molar-refractivity contribution < 1.29 is 14.7 Å². The van der Waals surface area contributed by atoms with E-state index in [4.69, 9.17) is 9.90 Å². The van der Waals surface area contributed by atoms with Gasteiger partial charge in [-0.2, -0.15) is 0 Å². The Bertz CT molecular complexity index is 296. The van der Waals surface area contributed by atoms with Crippen LogP contribution in [0.25, 0.3) is 0 Å². The number of hydrogen-bond acceptors (Lipinski definition) is 2. The van der Waals surface area contributed by atoms with Gasteiger partial charge >= 0.3 is 0 Å². The summed E-state index contributed by atoms with van der Waals surface area (Å²) in [7, 11) is 0. The van der Waals surface area contributed by atoms with Crippen molar-refractivity contribution in [3.05, 3.63) is 23.8 Å². The summed E-state index contributed by atoms with van der Waals surface area (Å²) in [6.07, 6.45) is 3.68. The molecule has 0 saturated carbocycles. The number of Topliss-reactive ketones (excluding diaryl/α,β-unsaturated/α-hetero) is 1. The van der Waals surface area contributed by atoms with Crippen LogP contribution in [-0.4, -0.2) is 16.9 Å². The molecule has 1 aliphatic carbocycles. The van der Waals surface area contributed by atoms with E-state index in [1.807, 2.05) is 19.9 Å². The molecular formula is C12H18O3. The summed E-state index contributed by atoms with van der Waals surface area (Å²) < 4.78 is 0. The minimum atomic E-state index is -0.833. The second-order valence-electron chi connectivity index (χ2n) is 3.81. The van der Waals surface area contributed by atoms with Gasteiger partial charge in [0, 0.05) is 13.3 Å². The molecule has 0 saturated heterocycles. The van der Waals surface area contributed by atoms with E-state index >= 15 is 0 Å². The summed E-state index contributed by atoms with van der Waals surface area (Å²) in [5, 5.41) is 7.42. The third-order valence-electron chi connectivity index (χ3n) is 2.28. The van der Waals surface area contributed by atoms with Gasteiger partial charge in [0.05, 0.1) is 0 Å². The number of carbonyl (C=O) groups excluding carboxylic acids is 1. The van der Waals surface area contributed by atoms with Crippen LogP contribution in [0.15, 0.2) is 23.8 Å². The van der Waals surface area contributed by atoms with Crippen molar-refractivity contribution in [2.45, 2.75) is 33.6 Å². The third-order valence-corrected chi connectivity index (χ3v) is 2.28. The van der Waals surface area contributed by atoms with Crippen LogP contribution in [0.3, 0.4) is 0 Å². The Balaban J connectivity index is 0.000000423. The van der Waals surface area contributed by atoms with Crippen LogP contribution in [-0.2, 0) is 9.59 Å². The summed E-state index contributed by atoms with van der Waals surface area (Å²) in [4.78, 5) is 20.2. The predicted molar refractivity (Wildman–Crippen MR) is 59.6 cm³/mol. The van der Waals surface area contributed by atoms with Crippen LogP contribution >= 0.6 is 0 Å². The summed E-state index contributed by atoms with van der Waals surface area (Å²) in [6, 6.07) is 0. The maximum Gasteiger partial charge on any atom is 0.300 e. The molecule has 0 aromatic heterocycles. The molecule has 15 heavy (non-hydrogen) atoms. The molecule has 0 aliphatic heterocycles. The van der Waals surface area contributed by atoms with Gasteiger partial charge in [-0.15, -0.1) is 0 Å². The molecule has 0 spiro atoms. The van der Waals surface area contributed by atoms with Crippen molar-refractivity contribution in [3.8, 4) is 0 Å². The van der Waals surface area contributed by atoms with Gasteiger partial charge in [-0.3, -0.25) is 9.59 Å². The van der Waals surface area contributed by atoms with E-state index in [1.165, 1.54) is 0 Å². The van der Waals surface area contributed by atoms with Crippen molar-refractivity contribution in [1.82, 2.24) is 0 Å². The Labute approximate surface area is 90.5 Å². The zero-order valence-electron chi connectivity index (χ0n) is 9.54. The second-order valence-corrected chi connectivity index (χ2v) is 3.81. The molecule has 0 heterocycles. The van der Waals surface area contributed by atoms with Gasteiger partial charge in [-0.1, -0.05) is 18.2 Å².